The molecule has 0 aliphatic carbocycles. The Balaban J connectivity index is 2.59. The third-order valence-electron chi connectivity index (χ3n) is 1.07. The molecule has 66 valence electrons. The second-order valence-corrected chi connectivity index (χ2v) is 2.96. The fourth-order valence-electron chi connectivity index (χ4n) is 0.607. The van der Waals surface area contributed by atoms with Crippen molar-refractivity contribution in [2.24, 2.45) is 0 Å². The van der Waals surface area contributed by atoms with Crippen LogP contribution in [0.1, 0.15) is 0 Å². The molecule has 0 bridgehead atoms. The van der Waals surface area contributed by atoms with Crippen molar-refractivity contribution in [3.05, 3.63) is 30.3 Å². The fraction of sp³-hybridized carbons (Fsp3) is 0.143. The largest absolute Gasteiger partial charge is 0.397 e. The molecule has 12 heavy (non-hydrogen) atoms. The number of rotatable bonds is 3. The minimum atomic E-state index is -2.97. The second kappa shape index (κ2) is 4.15. The van der Waals surface area contributed by atoms with Crippen molar-refractivity contribution in [2.45, 2.75) is 5.76 Å². The van der Waals surface area contributed by atoms with Gasteiger partial charge in [-0.2, -0.15) is 8.78 Å². The lowest BCUT2D eigenvalue weighted by molar-refractivity contribution is 0.233. The van der Waals surface area contributed by atoms with E-state index in [1.165, 1.54) is 12.1 Å². The van der Waals surface area contributed by atoms with Gasteiger partial charge in [0, 0.05) is 0 Å². The van der Waals surface area contributed by atoms with Crippen LogP contribution in [-0.2, 0) is 11.1 Å². The molecular weight excluding hydrogens is 186 g/mol. The van der Waals surface area contributed by atoms with E-state index in [-0.39, 0.29) is 5.75 Å². The maximum Gasteiger partial charge on any atom is 0.347 e. The molecule has 0 radical (unpaired) electrons. The molecular formula is C7H6F2O2S. The van der Waals surface area contributed by atoms with Gasteiger partial charge in [-0.05, 0) is 12.1 Å². The summed E-state index contributed by atoms with van der Waals surface area (Å²) in [6, 6.07) is 7.84. The molecule has 0 aliphatic rings. The van der Waals surface area contributed by atoms with Crippen LogP contribution in [0, 0.1) is 0 Å². The number of benzene rings is 1. The highest BCUT2D eigenvalue weighted by molar-refractivity contribution is 7.80. The standard InChI is InChI=1S/C7H6F2O2S/c8-7(9)12(10)11-6-4-2-1-3-5-6/h1-5,7H. The minimum absolute atomic E-state index is 0.177. The predicted octanol–water partition coefficient (Wildman–Crippen LogP) is 1.95. The van der Waals surface area contributed by atoms with Gasteiger partial charge >= 0.3 is 5.76 Å². The van der Waals surface area contributed by atoms with Crippen molar-refractivity contribution in [1.82, 2.24) is 0 Å². The van der Waals surface area contributed by atoms with Crippen LogP contribution in [-0.4, -0.2) is 9.97 Å². The van der Waals surface area contributed by atoms with Crippen LogP contribution < -0.4 is 4.18 Å². The molecule has 0 spiro atoms. The molecule has 1 atom stereocenters. The summed E-state index contributed by atoms with van der Waals surface area (Å²) in [5.41, 5.74) is 0. The van der Waals surface area contributed by atoms with Crippen LogP contribution in [0.5, 0.6) is 5.75 Å². The topological polar surface area (TPSA) is 26.3 Å². The third kappa shape index (κ3) is 2.58. The molecule has 0 aromatic heterocycles. The number of alkyl halides is 2. The van der Waals surface area contributed by atoms with Crippen LogP contribution >= 0.6 is 0 Å². The van der Waals surface area contributed by atoms with Gasteiger partial charge in [-0.1, -0.05) is 18.2 Å². The van der Waals surface area contributed by atoms with Crippen LogP contribution in [0.3, 0.4) is 0 Å². The van der Waals surface area contributed by atoms with E-state index in [1.807, 2.05) is 0 Å². The van der Waals surface area contributed by atoms with Crippen molar-refractivity contribution < 1.29 is 17.2 Å². The van der Waals surface area contributed by atoms with Crippen molar-refractivity contribution in [3.63, 3.8) is 0 Å². The van der Waals surface area contributed by atoms with Crippen LogP contribution in [0.15, 0.2) is 30.3 Å². The van der Waals surface area contributed by atoms with E-state index < -0.39 is 16.8 Å². The highest BCUT2D eigenvalue weighted by Crippen LogP contribution is 2.12. The summed E-state index contributed by atoms with van der Waals surface area (Å²) in [5.74, 6) is -2.79. The summed E-state index contributed by atoms with van der Waals surface area (Å²) in [7, 11) is 0. The lowest BCUT2D eigenvalue weighted by atomic mass is 10.3. The average Bonchev–Trinajstić information content (AvgIpc) is 2.06. The van der Waals surface area contributed by atoms with Gasteiger partial charge in [0.2, 0.25) is 0 Å². The lowest BCUT2D eigenvalue weighted by Crippen LogP contribution is -2.09. The zero-order valence-electron chi connectivity index (χ0n) is 5.94. The van der Waals surface area contributed by atoms with Crippen molar-refractivity contribution in [3.8, 4) is 5.75 Å². The van der Waals surface area contributed by atoms with E-state index in [2.05, 4.69) is 4.18 Å². The summed E-state index contributed by atoms with van der Waals surface area (Å²) >= 11 is -2.56. The van der Waals surface area contributed by atoms with E-state index in [4.69, 9.17) is 0 Å². The average molecular weight is 192 g/mol. The zero-order valence-corrected chi connectivity index (χ0v) is 6.76. The summed E-state index contributed by atoms with van der Waals surface area (Å²) < 4.78 is 38.2. The SMILES string of the molecule is O=S(Oc1ccccc1)C(F)F. The number of hydrogen-bond acceptors (Lipinski definition) is 2. The molecule has 1 aromatic carbocycles. The van der Waals surface area contributed by atoms with Gasteiger partial charge in [0.1, 0.15) is 5.75 Å². The molecule has 1 aromatic rings. The Hall–Kier alpha value is -0.970. The van der Waals surface area contributed by atoms with Gasteiger partial charge in [-0.3, -0.25) is 0 Å². The summed E-state index contributed by atoms with van der Waals surface area (Å²) in [4.78, 5) is 0. The Kier molecular flexibility index (Phi) is 3.16. The maximum absolute atomic E-state index is 11.7. The first-order valence-electron chi connectivity index (χ1n) is 3.12. The smallest absolute Gasteiger partial charge is 0.347 e. The number of hydrogen-bond donors (Lipinski definition) is 0. The number of halogens is 2. The van der Waals surface area contributed by atoms with Gasteiger partial charge in [0.05, 0.1) is 0 Å². The van der Waals surface area contributed by atoms with E-state index in [1.54, 1.807) is 18.2 Å². The minimum Gasteiger partial charge on any atom is -0.397 e. The Labute approximate surface area is 70.8 Å². The summed E-state index contributed by atoms with van der Waals surface area (Å²) in [5, 5.41) is 0. The van der Waals surface area contributed by atoms with E-state index in [9.17, 15) is 13.0 Å². The number of para-hydroxylation sites is 1. The highest BCUT2D eigenvalue weighted by Gasteiger charge is 2.14. The molecule has 5 heteroatoms. The molecule has 0 aliphatic heterocycles. The van der Waals surface area contributed by atoms with Crippen molar-refractivity contribution in [2.75, 3.05) is 0 Å². The first kappa shape index (κ1) is 9.12. The summed E-state index contributed by atoms with van der Waals surface area (Å²) in [6.45, 7) is 0. The van der Waals surface area contributed by atoms with Crippen LogP contribution in [0.2, 0.25) is 0 Å². The van der Waals surface area contributed by atoms with Gasteiger partial charge in [-0.25, -0.2) is 4.21 Å². The van der Waals surface area contributed by atoms with Crippen LogP contribution in [0.4, 0.5) is 8.78 Å². The van der Waals surface area contributed by atoms with E-state index in [0.29, 0.717) is 0 Å². The monoisotopic (exact) mass is 192 g/mol. The fourth-order valence-corrected chi connectivity index (χ4v) is 0.981. The quantitative estimate of drug-likeness (QED) is 0.731. The Bertz CT molecular complexity index is 263. The van der Waals surface area contributed by atoms with Gasteiger partial charge in [-0.15, -0.1) is 0 Å². The second-order valence-electron chi connectivity index (χ2n) is 1.92. The Morgan fingerprint density at radius 2 is 1.83 bits per heavy atom. The molecule has 0 saturated heterocycles. The highest BCUT2D eigenvalue weighted by atomic mass is 32.2. The summed E-state index contributed by atoms with van der Waals surface area (Å²) in [6.07, 6.45) is 0. The molecule has 0 saturated carbocycles. The first-order valence-corrected chi connectivity index (χ1v) is 4.26. The van der Waals surface area contributed by atoms with E-state index in [0.717, 1.165) is 0 Å². The third-order valence-corrected chi connectivity index (χ3v) is 1.71. The van der Waals surface area contributed by atoms with Gasteiger partial charge < -0.3 is 4.18 Å². The van der Waals surface area contributed by atoms with Crippen molar-refractivity contribution >= 4 is 11.1 Å². The lowest BCUT2D eigenvalue weighted by Gasteiger charge is -2.01. The van der Waals surface area contributed by atoms with E-state index >= 15 is 0 Å². The Morgan fingerprint density at radius 1 is 1.25 bits per heavy atom. The molecule has 0 fully saturated rings. The van der Waals surface area contributed by atoms with Crippen LogP contribution in [0.25, 0.3) is 0 Å². The maximum atomic E-state index is 11.7. The Morgan fingerprint density at radius 3 is 2.33 bits per heavy atom. The molecule has 1 rings (SSSR count). The zero-order chi connectivity index (χ0) is 8.97. The molecule has 0 heterocycles. The van der Waals surface area contributed by atoms with Gasteiger partial charge in [0.15, 0.2) is 0 Å². The van der Waals surface area contributed by atoms with Gasteiger partial charge in [0.25, 0.3) is 11.1 Å². The molecule has 0 amide bonds. The predicted molar refractivity (Wildman–Crippen MR) is 41.2 cm³/mol. The van der Waals surface area contributed by atoms with Crippen molar-refractivity contribution in [1.29, 1.82) is 0 Å². The molecule has 2 nitrogen and oxygen atoms in total. The normalized spacial score (nSPS) is 12.9. The molecule has 0 N–H and O–H groups in total. The first-order chi connectivity index (χ1) is 5.70. The molecule has 1 unspecified atom stereocenters.